The molecule has 0 spiro atoms. The van der Waals surface area contributed by atoms with Gasteiger partial charge in [-0.15, -0.1) is 0 Å². The number of nitrogens with zero attached hydrogens (tertiary/aromatic N) is 2. The molecule has 0 aliphatic carbocycles. The monoisotopic (exact) mass is 436 g/mol. The van der Waals surface area contributed by atoms with E-state index in [-0.39, 0.29) is 40.8 Å². The van der Waals surface area contributed by atoms with Crippen molar-refractivity contribution in [1.82, 2.24) is 0 Å². The average molecular weight is 436 g/mol. The van der Waals surface area contributed by atoms with Crippen molar-refractivity contribution in [2.45, 2.75) is 18.7 Å². The molecule has 2 aromatic carbocycles. The molecule has 11 heteroatoms. The van der Waals surface area contributed by atoms with Crippen LogP contribution in [0.15, 0.2) is 41.3 Å². The Morgan fingerprint density at radius 2 is 1.90 bits per heavy atom. The van der Waals surface area contributed by atoms with Crippen LogP contribution >= 0.6 is 0 Å². The zero-order chi connectivity index (χ0) is 21.9. The molecule has 30 heavy (non-hydrogen) atoms. The number of anilines is 1. The maximum Gasteiger partial charge on any atom is 0.326 e. The highest BCUT2D eigenvalue weighted by Crippen LogP contribution is 2.36. The molecular formula is C19H20N2O8S. The molecule has 0 saturated carbocycles. The molecule has 0 unspecified atom stereocenters. The van der Waals surface area contributed by atoms with Gasteiger partial charge in [0.1, 0.15) is 19.8 Å². The number of hydrogen-bond acceptors (Lipinski definition) is 8. The quantitative estimate of drug-likeness (QED) is 0.368. The third-order valence-corrected chi connectivity index (χ3v) is 6.18. The topological polar surface area (TPSA) is 125 Å². The summed E-state index contributed by atoms with van der Waals surface area (Å²) in [5.41, 5.74) is -0.154. The second-order valence-corrected chi connectivity index (χ2v) is 8.16. The van der Waals surface area contributed by atoms with Crippen LogP contribution in [0.1, 0.15) is 12.5 Å². The van der Waals surface area contributed by atoms with Crippen molar-refractivity contribution in [1.29, 1.82) is 0 Å². The van der Waals surface area contributed by atoms with Crippen molar-refractivity contribution in [2.24, 2.45) is 0 Å². The van der Waals surface area contributed by atoms with Crippen LogP contribution in [0.4, 0.5) is 11.4 Å². The van der Waals surface area contributed by atoms with Gasteiger partial charge in [0, 0.05) is 12.1 Å². The van der Waals surface area contributed by atoms with Gasteiger partial charge in [0.15, 0.2) is 11.5 Å². The Morgan fingerprint density at radius 1 is 1.20 bits per heavy atom. The molecular weight excluding hydrogens is 416 g/mol. The third kappa shape index (κ3) is 4.15. The molecule has 10 nitrogen and oxygen atoms in total. The fraction of sp³-hybridized carbons (Fsp3) is 0.316. The first-order chi connectivity index (χ1) is 14.3. The Labute approximate surface area is 173 Å². The minimum Gasteiger partial charge on any atom is -0.486 e. The van der Waals surface area contributed by atoms with Gasteiger partial charge in [-0.2, -0.15) is 0 Å². The number of esters is 1. The first kappa shape index (κ1) is 21.4. The van der Waals surface area contributed by atoms with Gasteiger partial charge in [-0.25, -0.2) is 8.42 Å². The summed E-state index contributed by atoms with van der Waals surface area (Å²) >= 11 is 0. The first-order valence-electron chi connectivity index (χ1n) is 9.07. The minimum atomic E-state index is -4.29. The molecule has 0 atom stereocenters. The Balaban J connectivity index is 2.11. The smallest absolute Gasteiger partial charge is 0.326 e. The highest BCUT2D eigenvalue weighted by atomic mass is 32.2. The number of fused-ring (bicyclic) bond motifs is 1. The van der Waals surface area contributed by atoms with E-state index >= 15 is 0 Å². The van der Waals surface area contributed by atoms with E-state index in [0.29, 0.717) is 12.4 Å². The molecule has 1 aliphatic rings. The zero-order valence-electron chi connectivity index (χ0n) is 16.4. The van der Waals surface area contributed by atoms with Crippen molar-refractivity contribution >= 4 is 27.4 Å². The number of carbonyl (C=O) groups excluding carboxylic acids is 1. The number of nitro benzene ring substituents is 1. The van der Waals surface area contributed by atoms with E-state index in [1.54, 1.807) is 6.92 Å². The molecule has 3 rings (SSSR count). The average Bonchev–Trinajstić information content (AvgIpc) is 2.72. The number of sulfonamides is 1. The molecule has 0 bridgehead atoms. The predicted octanol–water partition coefficient (Wildman–Crippen LogP) is 2.43. The van der Waals surface area contributed by atoms with Gasteiger partial charge in [0.2, 0.25) is 0 Å². The van der Waals surface area contributed by atoms with E-state index in [9.17, 15) is 23.3 Å². The van der Waals surface area contributed by atoms with Gasteiger partial charge in [-0.1, -0.05) is 6.07 Å². The fourth-order valence-corrected chi connectivity index (χ4v) is 4.50. The first-order valence-corrected chi connectivity index (χ1v) is 10.5. The van der Waals surface area contributed by atoms with Crippen LogP contribution < -0.4 is 13.8 Å². The zero-order valence-corrected chi connectivity index (χ0v) is 17.2. The van der Waals surface area contributed by atoms with Gasteiger partial charge >= 0.3 is 5.97 Å². The Kier molecular flexibility index (Phi) is 6.11. The van der Waals surface area contributed by atoms with Crippen molar-refractivity contribution in [3.05, 3.63) is 52.1 Å². The van der Waals surface area contributed by atoms with Crippen molar-refractivity contribution in [3.8, 4) is 11.5 Å². The molecule has 0 amide bonds. The summed E-state index contributed by atoms with van der Waals surface area (Å²) in [6, 6.07) is 8.11. The Bertz CT molecular complexity index is 1080. The molecule has 160 valence electrons. The second-order valence-electron chi connectivity index (χ2n) is 6.30. The van der Waals surface area contributed by atoms with E-state index in [1.807, 2.05) is 0 Å². The minimum absolute atomic E-state index is 0.00661. The molecule has 2 aromatic rings. The standard InChI is InChI=1S/C19H20N2O8S/c1-3-27-19(22)12-20(15-5-4-6-16(13(15)2)21(23)24)30(25,26)14-7-8-17-18(11-14)29-10-9-28-17/h4-8,11H,3,9-10,12H2,1-2H3. The summed E-state index contributed by atoms with van der Waals surface area (Å²) in [5, 5.41) is 11.3. The Hall–Kier alpha value is -3.34. The molecule has 0 fully saturated rings. The lowest BCUT2D eigenvalue weighted by molar-refractivity contribution is -0.385. The van der Waals surface area contributed by atoms with Gasteiger partial charge in [-0.05, 0) is 32.0 Å². The lowest BCUT2D eigenvalue weighted by Crippen LogP contribution is -2.37. The number of ether oxygens (including phenoxy) is 3. The van der Waals surface area contributed by atoms with Gasteiger partial charge in [-0.3, -0.25) is 19.2 Å². The third-order valence-electron chi connectivity index (χ3n) is 4.42. The van der Waals surface area contributed by atoms with Crippen LogP contribution in [-0.4, -0.2) is 45.7 Å². The lowest BCUT2D eigenvalue weighted by Gasteiger charge is -2.26. The second kappa shape index (κ2) is 8.57. The van der Waals surface area contributed by atoms with Crippen molar-refractivity contribution in [2.75, 3.05) is 30.7 Å². The van der Waals surface area contributed by atoms with E-state index < -0.39 is 27.5 Å². The SMILES string of the molecule is CCOC(=O)CN(c1cccc([N+](=O)[O-])c1C)S(=O)(=O)c1ccc2c(c1)OCCO2. The van der Waals surface area contributed by atoms with Crippen LogP contribution in [0.2, 0.25) is 0 Å². The largest absolute Gasteiger partial charge is 0.486 e. The van der Waals surface area contributed by atoms with E-state index in [1.165, 1.54) is 43.3 Å². The number of hydrogen-bond donors (Lipinski definition) is 0. The highest BCUT2D eigenvalue weighted by molar-refractivity contribution is 7.92. The van der Waals surface area contributed by atoms with Crippen LogP contribution in [0.25, 0.3) is 0 Å². The number of carbonyl (C=O) groups is 1. The number of nitro groups is 1. The lowest BCUT2D eigenvalue weighted by atomic mass is 10.1. The fourth-order valence-electron chi connectivity index (χ4n) is 3.01. The van der Waals surface area contributed by atoms with Crippen LogP contribution in [0.3, 0.4) is 0 Å². The normalized spacial score (nSPS) is 12.9. The predicted molar refractivity (Wildman–Crippen MR) is 106 cm³/mol. The summed E-state index contributed by atoms with van der Waals surface area (Å²) < 4.78 is 43.5. The molecule has 1 aliphatic heterocycles. The number of benzene rings is 2. The van der Waals surface area contributed by atoms with Gasteiger partial charge in [0.05, 0.1) is 27.7 Å². The summed E-state index contributed by atoms with van der Waals surface area (Å²) in [6.07, 6.45) is 0. The molecule has 0 saturated heterocycles. The maximum absolute atomic E-state index is 13.4. The summed E-state index contributed by atoms with van der Waals surface area (Å²) in [7, 11) is -4.29. The van der Waals surface area contributed by atoms with Crippen LogP contribution in [0, 0.1) is 17.0 Å². The van der Waals surface area contributed by atoms with Gasteiger partial charge in [0.25, 0.3) is 15.7 Å². The maximum atomic E-state index is 13.4. The van der Waals surface area contributed by atoms with E-state index in [4.69, 9.17) is 14.2 Å². The van der Waals surface area contributed by atoms with E-state index in [2.05, 4.69) is 0 Å². The molecule has 0 N–H and O–H groups in total. The molecule has 0 radical (unpaired) electrons. The van der Waals surface area contributed by atoms with Crippen LogP contribution in [-0.2, 0) is 19.6 Å². The van der Waals surface area contributed by atoms with E-state index in [0.717, 1.165) is 4.31 Å². The molecule has 1 heterocycles. The highest BCUT2D eigenvalue weighted by Gasteiger charge is 2.32. The van der Waals surface area contributed by atoms with Crippen molar-refractivity contribution < 1.29 is 32.3 Å². The number of rotatable bonds is 7. The van der Waals surface area contributed by atoms with Gasteiger partial charge < -0.3 is 14.2 Å². The summed E-state index contributed by atoms with van der Waals surface area (Å²) in [5.74, 6) is -0.123. The summed E-state index contributed by atoms with van der Waals surface area (Å²) in [4.78, 5) is 22.7. The van der Waals surface area contributed by atoms with Crippen molar-refractivity contribution in [3.63, 3.8) is 0 Å². The Morgan fingerprint density at radius 3 is 2.57 bits per heavy atom. The molecule has 0 aromatic heterocycles. The van der Waals surface area contributed by atoms with Crippen LogP contribution in [0.5, 0.6) is 11.5 Å². The summed E-state index contributed by atoms with van der Waals surface area (Å²) in [6.45, 7) is 3.05.